The molecule has 3 heteroatoms. The van der Waals surface area contributed by atoms with E-state index in [1.54, 1.807) is 0 Å². The van der Waals surface area contributed by atoms with Gasteiger partial charge in [-0.25, -0.2) is 0 Å². The standard InChI is InChI=1S/C18H26N2O/c1-2-6-15-14(5-1)9-12-21-18(15)13-19-16-8-11-20-10-4-3-7-17(16)20/h1-2,5-6,16-19H,3-4,7-13H2. The predicted octanol–water partition coefficient (Wildman–Crippen LogP) is 2.52. The van der Waals surface area contributed by atoms with Crippen LogP contribution < -0.4 is 5.32 Å². The Morgan fingerprint density at radius 2 is 2.10 bits per heavy atom. The van der Waals surface area contributed by atoms with Gasteiger partial charge in [0, 0.05) is 25.2 Å². The summed E-state index contributed by atoms with van der Waals surface area (Å²) < 4.78 is 6.02. The number of fused-ring (bicyclic) bond motifs is 2. The molecule has 21 heavy (non-hydrogen) atoms. The molecule has 3 atom stereocenters. The monoisotopic (exact) mass is 286 g/mol. The van der Waals surface area contributed by atoms with Crippen LogP contribution in [-0.4, -0.2) is 43.2 Å². The molecule has 3 heterocycles. The number of rotatable bonds is 3. The summed E-state index contributed by atoms with van der Waals surface area (Å²) in [6, 6.07) is 10.2. The molecule has 0 saturated carbocycles. The Balaban J connectivity index is 1.39. The van der Waals surface area contributed by atoms with Crippen molar-refractivity contribution >= 4 is 0 Å². The first-order valence-corrected chi connectivity index (χ1v) is 8.58. The zero-order valence-electron chi connectivity index (χ0n) is 12.8. The number of piperidine rings is 1. The van der Waals surface area contributed by atoms with E-state index in [0.717, 1.165) is 25.6 Å². The molecule has 1 N–H and O–H groups in total. The van der Waals surface area contributed by atoms with Crippen molar-refractivity contribution in [2.45, 2.75) is 50.3 Å². The minimum absolute atomic E-state index is 0.243. The summed E-state index contributed by atoms with van der Waals surface area (Å²) in [6.07, 6.45) is 6.78. The highest BCUT2D eigenvalue weighted by Crippen LogP contribution is 2.29. The molecule has 3 aliphatic heterocycles. The fraction of sp³-hybridized carbons (Fsp3) is 0.667. The van der Waals surface area contributed by atoms with Gasteiger partial charge in [0.1, 0.15) is 0 Å². The predicted molar refractivity (Wildman–Crippen MR) is 84.5 cm³/mol. The van der Waals surface area contributed by atoms with E-state index in [1.807, 2.05) is 0 Å². The van der Waals surface area contributed by atoms with Crippen molar-refractivity contribution in [3.05, 3.63) is 35.4 Å². The minimum Gasteiger partial charge on any atom is -0.372 e. The van der Waals surface area contributed by atoms with Crippen molar-refractivity contribution in [3.8, 4) is 0 Å². The van der Waals surface area contributed by atoms with Crippen LogP contribution in [0.3, 0.4) is 0 Å². The van der Waals surface area contributed by atoms with Crippen molar-refractivity contribution in [1.29, 1.82) is 0 Å². The van der Waals surface area contributed by atoms with E-state index in [1.165, 1.54) is 49.9 Å². The molecule has 0 spiro atoms. The van der Waals surface area contributed by atoms with E-state index in [0.29, 0.717) is 6.04 Å². The molecule has 0 aromatic heterocycles. The second kappa shape index (κ2) is 6.07. The lowest BCUT2D eigenvalue weighted by Crippen LogP contribution is -2.46. The fourth-order valence-electron chi connectivity index (χ4n) is 4.39. The molecule has 3 nitrogen and oxygen atoms in total. The molecule has 3 unspecified atom stereocenters. The quantitative estimate of drug-likeness (QED) is 0.924. The second-order valence-electron chi connectivity index (χ2n) is 6.71. The SMILES string of the molecule is c1ccc2c(c1)CCOC2CNC1CCN2CCCCC12. The van der Waals surface area contributed by atoms with Gasteiger partial charge in [-0.2, -0.15) is 0 Å². The molecule has 2 saturated heterocycles. The number of ether oxygens (including phenoxy) is 1. The molecule has 3 aliphatic rings. The highest BCUT2D eigenvalue weighted by atomic mass is 16.5. The molecule has 4 rings (SSSR count). The molecule has 114 valence electrons. The third-order valence-electron chi connectivity index (χ3n) is 5.51. The van der Waals surface area contributed by atoms with E-state index in [9.17, 15) is 0 Å². The zero-order valence-corrected chi connectivity index (χ0v) is 12.8. The molecule has 0 aliphatic carbocycles. The van der Waals surface area contributed by atoms with Gasteiger partial charge in [-0.1, -0.05) is 30.7 Å². The maximum Gasteiger partial charge on any atom is 0.0952 e. The van der Waals surface area contributed by atoms with Gasteiger partial charge >= 0.3 is 0 Å². The summed E-state index contributed by atoms with van der Waals surface area (Å²) in [6.45, 7) is 4.42. The van der Waals surface area contributed by atoms with Crippen molar-refractivity contribution in [2.75, 3.05) is 26.2 Å². The van der Waals surface area contributed by atoms with Gasteiger partial charge in [0.2, 0.25) is 0 Å². The molecule has 0 amide bonds. The van der Waals surface area contributed by atoms with Crippen molar-refractivity contribution in [2.24, 2.45) is 0 Å². The van der Waals surface area contributed by atoms with E-state index < -0.39 is 0 Å². The van der Waals surface area contributed by atoms with Crippen LogP contribution in [-0.2, 0) is 11.2 Å². The highest BCUT2D eigenvalue weighted by molar-refractivity contribution is 5.31. The summed E-state index contributed by atoms with van der Waals surface area (Å²) in [4.78, 5) is 2.69. The highest BCUT2D eigenvalue weighted by Gasteiger charge is 2.35. The van der Waals surface area contributed by atoms with Gasteiger partial charge in [-0.15, -0.1) is 0 Å². The third-order valence-corrected chi connectivity index (χ3v) is 5.51. The van der Waals surface area contributed by atoms with Crippen LogP contribution in [0.15, 0.2) is 24.3 Å². The second-order valence-corrected chi connectivity index (χ2v) is 6.71. The number of nitrogens with one attached hydrogen (secondary N) is 1. The number of hydrogen-bond donors (Lipinski definition) is 1. The molecule has 1 aromatic carbocycles. The normalized spacial score (nSPS) is 32.7. The van der Waals surface area contributed by atoms with Crippen LogP contribution in [0.5, 0.6) is 0 Å². The van der Waals surface area contributed by atoms with E-state index in [-0.39, 0.29) is 6.10 Å². The zero-order chi connectivity index (χ0) is 14.1. The average molecular weight is 286 g/mol. The van der Waals surface area contributed by atoms with Crippen molar-refractivity contribution in [3.63, 3.8) is 0 Å². The van der Waals surface area contributed by atoms with Crippen molar-refractivity contribution in [1.82, 2.24) is 10.2 Å². The van der Waals surface area contributed by atoms with Gasteiger partial charge in [0.05, 0.1) is 12.7 Å². The smallest absolute Gasteiger partial charge is 0.0952 e. The molecule has 1 aromatic rings. The summed E-state index contributed by atoms with van der Waals surface area (Å²) in [7, 11) is 0. The van der Waals surface area contributed by atoms with Gasteiger partial charge < -0.3 is 10.1 Å². The van der Waals surface area contributed by atoms with Crippen LogP contribution in [0.25, 0.3) is 0 Å². The lowest BCUT2D eigenvalue weighted by atomic mass is 9.96. The number of benzene rings is 1. The number of nitrogens with zero attached hydrogens (tertiary/aromatic N) is 1. The minimum atomic E-state index is 0.243. The molecule has 2 fully saturated rings. The Bertz CT molecular complexity index is 490. The van der Waals surface area contributed by atoms with Gasteiger partial charge in [0.25, 0.3) is 0 Å². The van der Waals surface area contributed by atoms with E-state index >= 15 is 0 Å². The van der Waals surface area contributed by atoms with E-state index in [4.69, 9.17) is 4.74 Å². The van der Waals surface area contributed by atoms with E-state index in [2.05, 4.69) is 34.5 Å². The van der Waals surface area contributed by atoms with Gasteiger partial charge in [0.15, 0.2) is 0 Å². The summed E-state index contributed by atoms with van der Waals surface area (Å²) in [5.41, 5.74) is 2.87. The number of hydrogen-bond acceptors (Lipinski definition) is 3. The summed E-state index contributed by atoms with van der Waals surface area (Å²) in [5.74, 6) is 0. The summed E-state index contributed by atoms with van der Waals surface area (Å²) >= 11 is 0. The average Bonchev–Trinajstić information content (AvgIpc) is 2.96. The first-order valence-electron chi connectivity index (χ1n) is 8.58. The largest absolute Gasteiger partial charge is 0.372 e. The Hall–Kier alpha value is -0.900. The first-order chi connectivity index (χ1) is 10.4. The van der Waals surface area contributed by atoms with Gasteiger partial charge in [-0.05, 0) is 43.4 Å². The van der Waals surface area contributed by atoms with Crippen LogP contribution in [0.2, 0.25) is 0 Å². The third kappa shape index (κ3) is 2.75. The Morgan fingerprint density at radius 1 is 1.14 bits per heavy atom. The van der Waals surface area contributed by atoms with Crippen molar-refractivity contribution < 1.29 is 4.74 Å². The molecular weight excluding hydrogens is 260 g/mol. The van der Waals surface area contributed by atoms with Gasteiger partial charge in [-0.3, -0.25) is 4.90 Å². The molecular formula is C18H26N2O. The lowest BCUT2D eigenvalue weighted by molar-refractivity contribution is 0.0391. The molecule has 0 bridgehead atoms. The summed E-state index contributed by atoms with van der Waals surface area (Å²) in [5, 5.41) is 3.82. The Labute approximate surface area is 127 Å². The van der Waals surface area contributed by atoms with Crippen LogP contribution >= 0.6 is 0 Å². The molecule has 0 radical (unpaired) electrons. The maximum atomic E-state index is 6.02. The van der Waals surface area contributed by atoms with Crippen LogP contribution in [0.4, 0.5) is 0 Å². The maximum absolute atomic E-state index is 6.02. The fourth-order valence-corrected chi connectivity index (χ4v) is 4.39. The van der Waals surface area contributed by atoms with Crippen LogP contribution in [0, 0.1) is 0 Å². The topological polar surface area (TPSA) is 24.5 Å². The Morgan fingerprint density at radius 3 is 3.10 bits per heavy atom. The van der Waals surface area contributed by atoms with Crippen LogP contribution in [0.1, 0.15) is 42.9 Å². The first kappa shape index (κ1) is 13.7. The lowest BCUT2D eigenvalue weighted by Gasteiger charge is -2.34. The Kier molecular flexibility index (Phi) is 3.97.